The Morgan fingerprint density at radius 2 is 1.79 bits per heavy atom. The number of carbonyl (C=O) groups excluding carboxylic acids is 2. The molecule has 6 nitrogen and oxygen atoms in total. The van der Waals surface area contributed by atoms with Gasteiger partial charge < -0.3 is 14.8 Å². The molecule has 2 amide bonds. The number of amides is 2. The molecular formula is C23H24N4O2. The first-order chi connectivity index (χ1) is 14.0. The third-order valence-electron chi connectivity index (χ3n) is 5.40. The molecular weight excluding hydrogens is 364 g/mol. The van der Waals surface area contributed by atoms with Crippen LogP contribution in [0.25, 0.3) is 5.69 Å². The second kappa shape index (κ2) is 7.91. The summed E-state index contributed by atoms with van der Waals surface area (Å²) in [6, 6.07) is 15.7. The van der Waals surface area contributed by atoms with Crippen LogP contribution in [-0.2, 0) is 9.59 Å². The molecule has 1 fully saturated rings. The third kappa shape index (κ3) is 4.06. The quantitative estimate of drug-likeness (QED) is 0.728. The molecule has 2 heterocycles. The van der Waals surface area contributed by atoms with Gasteiger partial charge in [-0.25, -0.2) is 4.98 Å². The Balaban J connectivity index is 1.38. The van der Waals surface area contributed by atoms with E-state index in [0.717, 1.165) is 22.5 Å². The van der Waals surface area contributed by atoms with E-state index in [4.69, 9.17) is 0 Å². The first-order valence-corrected chi connectivity index (χ1v) is 9.77. The number of rotatable bonds is 5. The van der Waals surface area contributed by atoms with Gasteiger partial charge in [0.15, 0.2) is 0 Å². The van der Waals surface area contributed by atoms with Gasteiger partial charge >= 0.3 is 0 Å². The molecule has 2 aromatic carbocycles. The van der Waals surface area contributed by atoms with E-state index in [1.165, 1.54) is 0 Å². The number of aromatic nitrogens is 2. The minimum absolute atomic E-state index is 0.00802. The number of carbonyl (C=O) groups is 2. The van der Waals surface area contributed by atoms with Crippen LogP contribution < -0.4 is 10.2 Å². The van der Waals surface area contributed by atoms with Crippen molar-refractivity contribution >= 4 is 17.5 Å². The SMILES string of the molecule is Cc1ccc(N2C[C@H](C(=O)N[C@@H](C)c3ccc(-n4ccnc4)cc3)CC2=O)cc1. The number of hydrogen-bond acceptors (Lipinski definition) is 3. The lowest BCUT2D eigenvalue weighted by atomic mass is 10.0. The predicted molar refractivity (Wildman–Crippen MR) is 112 cm³/mol. The molecule has 0 spiro atoms. The van der Waals surface area contributed by atoms with Gasteiger partial charge in [-0.1, -0.05) is 29.8 Å². The number of aryl methyl sites for hydroxylation is 1. The van der Waals surface area contributed by atoms with Crippen LogP contribution in [0.2, 0.25) is 0 Å². The lowest BCUT2D eigenvalue weighted by Gasteiger charge is -2.19. The molecule has 29 heavy (non-hydrogen) atoms. The van der Waals surface area contributed by atoms with Gasteiger partial charge in [0.05, 0.1) is 18.3 Å². The standard InChI is InChI=1S/C23H24N4O2/c1-16-3-7-21(8-4-16)27-14-19(13-22(27)28)23(29)25-17(2)18-5-9-20(10-6-18)26-12-11-24-15-26/h3-12,15,17,19H,13-14H2,1-2H3,(H,25,29)/t17-,19+/m0/s1. The smallest absolute Gasteiger partial charge is 0.227 e. The largest absolute Gasteiger partial charge is 0.349 e. The number of nitrogens with zero attached hydrogens (tertiary/aromatic N) is 3. The molecule has 0 saturated carbocycles. The lowest BCUT2D eigenvalue weighted by molar-refractivity contribution is -0.126. The Morgan fingerprint density at radius 1 is 1.10 bits per heavy atom. The maximum atomic E-state index is 12.8. The highest BCUT2D eigenvalue weighted by molar-refractivity contribution is 6.00. The summed E-state index contributed by atoms with van der Waals surface area (Å²) in [5.74, 6) is -0.429. The van der Waals surface area contributed by atoms with E-state index in [2.05, 4.69) is 10.3 Å². The van der Waals surface area contributed by atoms with Crippen LogP contribution in [-0.4, -0.2) is 27.9 Å². The fraction of sp³-hybridized carbons (Fsp3) is 0.261. The summed E-state index contributed by atoms with van der Waals surface area (Å²) in [4.78, 5) is 30.9. The number of nitrogens with one attached hydrogen (secondary N) is 1. The molecule has 1 N–H and O–H groups in total. The number of imidazole rings is 1. The zero-order valence-corrected chi connectivity index (χ0v) is 16.6. The molecule has 6 heteroatoms. The highest BCUT2D eigenvalue weighted by Crippen LogP contribution is 2.26. The first kappa shape index (κ1) is 18.9. The maximum absolute atomic E-state index is 12.8. The van der Waals surface area contributed by atoms with Gasteiger partial charge in [-0.3, -0.25) is 9.59 Å². The molecule has 0 bridgehead atoms. The zero-order valence-electron chi connectivity index (χ0n) is 16.6. The van der Waals surface area contributed by atoms with Crippen molar-refractivity contribution in [2.45, 2.75) is 26.3 Å². The van der Waals surface area contributed by atoms with Crippen LogP contribution in [0.5, 0.6) is 0 Å². The number of benzene rings is 2. The Bertz CT molecular complexity index is 994. The second-order valence-electron chi connectivity index (χ2n) is 7.53. The summed E-state index contributed by atoms with van der Waals surface area (Å²) in [5.41, 5.74) is 4.02. The predicted octanol–water partition coefficient (Wildman–Crippen LogP) is 3.41. The topological polar surface area (TPSA) is 67.2 Å². The van der Waals surface area contributed by atoms with Crippen LogP contribution in [0.4, 0.5) is 5.69 Å². The van der Waals surface area contributed by atoms with Crippen LogP contribution >= 0.6 is 0 Å². The fourth-order valence-electron chi connectivity index (χ4n) is 3.62. The van der Waals surface area contributed by atoms with Gasteiger partial charge in [-0.2, -0.15) is 0 Å². The average molecular weight is 388 g/mol. The Morgan fingerprint density at radius 3 is 2.45 bits per heavy atom. The van der Waals surface area contributed by atoms with Crippen LogP contribution in [0, 0.1) is 12.8 Å². The van der Waals surface area contributed by atoms with E-state index < -0.39 is 0 Å². The third-order valence-corrected chi connectivity index (χ3v) is 5.40. The van der Waals surface area contributed by atoms with E-state index in [1.54, 1.807) is 17.4 Å². The van der Waals surface area contributed by atoms with Crippen molar-refractivity contribution in [2.24, 2.45) is 5.92 Å². The van der Waals surface area contributed by atoms with Crippen molar-refractivity contribution in [3.8, 4) is 5.69 Å². The van der Waals surface area contributed by atoms with Crippen molar-refractivity contribution in [3.63, 3.8) is 0 Å². The van der Waals surface area contributed by atoms with Crippen LogP contribution in [0.1, 0.15) is 30.5 Å². The minimum atomic E-state index is -0.337. The van der Waals surface area contributed by atoms with E-state index >= 15 is 0 Å². The molecule has 1 aliphatic rings. The van der Waals surface area contributed by atoms with Crippen LogP contribution in [0.3, 0.4) is 0 Å². The molecule has 148 valence electrons. The normalized spacial score (nSPS) is 17.4. The summed E-state index contributed by atoms with van der Waals surface area (Å²) >= 11 is 0. The van der Waals surface area contributed by atoms with Gasteiger partial charge in [0.1, 0.15) is 0 Å². The van der Waals surface area contributed by atoms with Gasteiger partial charge in [-0.15, -0.1) is 0 Å². The molecule has 4 rings (SSSR count). The molecule has 0 radical (unpaired) electrons. The Labute approximate surface area is 170 Å². The van der Waals surface area contributed by atoms with Gasteiger partial charge in [-0.05, 0) is 43.7 Å². The first-order valence-electron chi connectivity index (χ1n) is 9.77. The molecule has 0 unspecified atom stereocenters. The molecule has 3 aromatic rings. The van der Waals surface area contributed by atoms with Gasteiger partial charge in [0.25, 0.3) is 0 Å². The van der Waals surface area contributed by atoms with Crippen molar-refractivity contribution in [3.05, 3.63) is 78.4 Å². The summed E-state index contributed by atoms with van der Waals surface area (Å²) in [6.07, 6.45) is 5.61. The van der Waals surface area contributed by atoms with E-state index in [-0.39, 0.29) is 30.2 Å². The van der Waals surface area contributed by atoms with E-state index in [1.807, 2.05) is 73.1 Å². The fourth-order valence-corrected chi connectivity index (χ4v) is 3.62. The number of hydrogen-bond donors (Lipinski definition) is 1. The summed E-state index contributed by atoms with van der Waals surface area (Å²) in [5, 5.41) is 3.06. The van der Waals surface area contributed by atoms with E-state index in [9.17, 15) is 9.59 Å². The monoisotopic (exact) mass is 388 g/mol. The summed E-state index contributed by atoms with van der Waals surface area (Å²) in [6.45, 7) is 4.38. The second-order valence-corrected chi connectivity index (χ2v) is 7.53. The van der Waals surface area contributed by atoms with Crippen LogP contribution in [0.15, 0.2) is 67.3 Å². The average Bonchev–Trinajstić information content (AvgIpc) is 3.39. The molecule has 0 aliphatic carbocycles. The van der Waals surface area contributed by atoms with Crippen molar-refractivity contribution in [1.29, 1.82) is 0 Å². The van der Waals surface area contributed by atoms with Crippen molar-refractivity contribution < 1.29 is 9.59 Å². The molecule has 1 aliphatic heterocycles. The minimum Gasteiger partial charge on any atom is -0.349 e. The van der Waals surface area contributed by atoms with Crippen molar-refractivity contribution in [1.82, 2.24) is 14.9 Å². The summed E-state index contributed by atoms with van der Waals surface area (Å²) < 4.78 is 1.93. The lowest BCUT2D eigenvalue weighted by Crippen LogP contribution is -2.34. The maximum Gasteiger partial charge on any atom is 0.227 e. The zero-order chi connectivity index (χ0) is 20.4. The Hall–Kier alpha value is -3.41. The molecule has 2 atom stereocenters. The van der Waals surface area contributed by atoms with Gasteiger partial charge in [0, 0.05) is 36.7 Å². The van der Waals surface area contributed by atoms with Crippen molar-refractivity contribution in [2.75, 3.05) is 11.4 Å². The Kier molecular flexibility index (Phi) is 5.16. The summed E-state index contributed by atoms with van der Waals surface area (Å²) in [7, 11) is 0. The van der Waals surface area contributed by atoms with Gasteiger partial charge in [0.2, 0.25) is 11.8 Å². The molecule has 1 aromatic heterocycles. The highest BCUT2D eigenvalue weighted by atomic mass is 16.2. The molecule has 1 saturated heterocycles. The highest BCUT2D eigenvalue weighted by Gasteiger charge is 2.35. The number of anilines is 1. The van der Waals surface area contributed by atoms with E-state index in [0.29, 0.717) is 6.54 Å².